The average Bonchev–Trinajstić information content (AvgIpc) is 3.01. The van der Waals surface area contributed by atoms with E-state index in [9.17, 15) is 0 Å². The highest BCUT2D eigenvalue weighted by molar-refractivity contribution is 7.98. The summed E-state index contributed by atoms with van der Waals surface area (Å²) in [6.45, 7) is 4.48. The smallest absolute Gasteiger partial charge is 0.137 e. The first kappa shape index (κ1) is 15.7. The summed E-state index contributed by atoms with van der Waals surface area (Å²) < 4.78 is 7.70. The molecule has 0 spiro atoms. The van der Waals surface area contributed by atoms with Crippen molar-refractivity contribution in [1.82, 2.24) is 14.3 Å². The van der Waals surface area contributed by atoms with Crippen LogP contribution < -0.4 is 0 Å². The zero-order valence-electron chi connectivity index (χ0n) is 13.8. The quantitative estimate of drug-likeness (QED) is 0.680. The number of hydrogen-bond acceptors (Lipinski definition) is 4. The van der Waals surface area contributed by atoms with E-state index in [1.807, 2.05) is 6.07 Å². The van der Waals surface area contributed by atoms with E-state index in [2.05, 4.69) is 58.2 Å². The molecule has 0 N–H and O–H groups in total. The Morgan fingerprint density at radius 1 is 1.08 bits per heavy atom. The van der Waals surface area contributed by atoms with Crippen LogP contribution in [-0.2, 0) is 11.3 Å². The lowest BCUT2D eigenvalue weighted by atomic mass is 10.1. The van der Waals surface area contributed by atoms with Gasteiger partial charge in [0.2, 0.25) is 0 Å². The molecule has 0 atom stereocenters. The minimum absolute atomic E-state index is 0.814. The molecule has 3 aromatic rings. The van der Waals surface area contributed by atoms with Crippen molar-refractivity contribution in [3.63, 3.8) is 0 Å². The number of hydrogen-bond donors (Lipinski definition) is 0. The monoisotopic (exact) mass is 339 g/mol. The van der Waals surface area contributed by atoms with Crippen LogP contribution in [0.5, 0.6) is 0 Å². The number of ether oxygens (including phenoxy) is 1. The molecule has 1 aromatic carbocycles. The Balaban J connectivity index is 1.76. The van der Waals surface area contributed by atoms with Gasteiger partial charge in [-0.3, -0.25) is 4.90 Å². The van der Waals surface area contributed by atoms with Crippen LogP contribution in [0.2, 0.25) is 0 Å². The Morgan fingerprint density at radius 2 is 1.88 bits per heavy atom. The molecule has 1 saturated heterocycles. The first-order valence-corrected chi connectivity index (χ1v) is 9.48. The number of imidazole rings is 1. The van der Waals surface area contributed by atoms with Gasteiger partial charge in [0, 0.05) is 36.3 Å². The molecule has 4 rings (SSSR count). The van der Waals surface area contributed by atoms with Crippen LogP contribution in [0.3, 0.4) is 0 Å². The molecule has 0 amide bonds. The Morgan fingerprint density at radius 3 is 2.62 bits per heavy atom. The van der Waals surface area contributed by atoms with Crippen molar-refractivity contribution in [3.8, 4) is 11.3 Å². The standard InChI is InChI=1S/C19H21N3OS/c1-24-16-7-5-15(6-8-16)19-17(14-21-10-12-23-13-11-21)22-9-3-2-4-18(22)20-19/h2-9H,10-14H2,1H3. The maximum absolute atomic E-state index is 5.48. The summed E-state index contributed by atoms with van der Waals surface area (Å²) in [5.74, 6) is 0. The lowest BCUT2D eigenvalue weighted by Gasteiger charge is -2.26. The summed E-state index contributed by atoms with van der Waals surface area (Å²) in [4.78, 5) is 8.62. The van der Waals surface area contributed by atoms with Gasteiger partial charge in [-0.2, -0.15) is 0 Å². The minimum atomic E-state index is 0.814. The maximum Gasteiger partial charge on any atom is 0.137 e. The molecule has 0 bridgehead atoms. The third-order valence-corrected chi connectivity index (χ3v) is 5.21. The van der Waals surface area contributed by atoms with Gasteiger partial charge in [0.15, 0.2) is 0 Å². The molecule has 124 valence electrons. The van der Waals surface area contributed by atoms with E-state index < -0.39 is 0 Å². The normalized spacial score (nSPS) is 15.9. The molecule has 3 heterocycles. The fourth-order valence-corrected chi connectivity index (χ4v) is 3.56. The van der Waals surface area contributed by atoms with Crippen LogP contribution in [0, 0.1) is 0 Å². The minimum Gasteiger partial charge on any atom is -0.379 e. The van der Waals surface area contributed by atoms with Crippen molar-refractivity contribution in [2.24, 2.45) is 0 Å². The number of pyridine rings is 1. The van der Waals surface area contributed by atoms with Crippen molar-refractivity contribution in [2.45, 2.75) is 11.4 Å². The number of nitrogens with zero attached hydrogens (tertiary/aromatic N) is 3. The number of thioether (sulfide) groups is 1. The van der Waals surface area contributed by atoms with E-state index in [4.69, 9.17) is 9.72 Å². The molecule has 1 aliphatic rings. The van der Waals surface area contributed by atoms with Crippen molar-refractivity contribution in [1.29, 1.82) is 0 Å². The van der Waals surface area contributed by atoms with Gasteiger partial charge in [0.1, 0.15) is 5.65 Å². The number of aromatic nitrogens is 2. The predicted octanol–water partition coefficient (Wildman–Crippen LogP) is 3.56. The van der Waals surface area contributed by atoms with Crippen molar-refractivity contribution in [3.05, 3.63) is 54.4 Å². The zero-order chi connectivity index (χ0) is 16.4. The molecule has 0 aliphatic carbocycles. The number of morpholine rings is 1. The summed E-state index contributed by atoms with van der Waals surface area (Å²) in [5, 5.41) is 0. The van der Waals surface area contributed by atoms with Gasteiger partial charge in [0.05, 0.1) is 24.6 Å². The second kappa shape index (κ2) is 6.97. The molecule has 4 nitrogen and oxygen atoms in total. The molecule has 0 radical (unpaired) electrons. The van der Waals surface area contributed by atoms with Crippen LogP contribution in [-0.4, -0.2) is 46.8 Å². The second-order valence-electron chi connectivity index (χ2n) is 5.95. The molecular formula is C19H21N3OS. The van der Waals surface area contributed by atoms with Crippen LogP contribution in [0.25, 0.3) is 16.9 Å². The highest BCUT2D eigenvalue weighted by Gasteiger charge is 2.18. The third-order valence-electron chi connectivity index (χ3n) is 4.47. The van der Waals surface area contributed by atoms with Gasteiger partial charge in [-0.1, -0.05) is 18.2 Å². The molecule has 1 fully saturated rings. The van der Waals surface area contributed by atoms with E-state index in [1.165, 1.54) is 16.2 Å². The summed E-state index contributed by atoms with van der Waals surface area (Å²) in [6.07, 6.45) is 4.21. The zero-order valence-corrected chi connectivity index (χ0v) is 14.6. The second-order valence-corrected chi connectivity index (χ2v) is 6.83. The lowest BCUT2D eigenvalue weighted by Crippen LogP contribution is -2.36. The topological polar surface area (TPSA) is 29.8 Å². The molecular weight excluding hydrogens is 318 g/mol. The highest BCUT2D eigenvalue weighted by atomic mass is 32.2. The lowest BCUT2D eigenvalue weighted by molar-refractivity contribution is 0.0336. The van der Waals surface area contributed by atoms with Gasteiger partial charge in [-0.25, -0.2) is 4.98 Å². The van der Waals surface area contributed by atoms with Gasteiger partial charge in [-0.05, 0) is 30.5 Å². The summed E-state index contributed by atoms with van der Waals surface area (Å²) in [6, 6.07) is 14.9. The Labute approximate surface area is 146 Å². The largest absolute Gasteiger partial charge is 0.379 e. The fourth-order valence-electron chi connectivity index (χ4n) is 3.15. The van der Waals surface area contributed by atoms with Crippen LogP contribution >= 0.6 is 11.8 Å². The average molecular weight is 339 g/mol. The van der Waals surface area contributed by atoms with E-state index in [1.54, 1.807) is 11.8 Å². The van der Waals surface area contributed by atoms with Crippen LogP contribution in [0.15, 0.2) is 53.6 Å². The van der Waals surface area contributed by atoms with Crippen molar-refractivity contribution >= 4 is 17.4 Å². The van der Waals surface area contributed by atoms with E-state index in [0.717, 1.165) is 44.2 Å². The summed E-state index contributed by atoms with van der Waals surface area (Å²) >= 11 is 1.76. The fraction of sp³-hybridized carbons (Fsp3) is 0.316. The van der Waals surface area contributed by atoms with E-state index in [-0.39, 0.29) is 0 Å². The molecule has 1 aliphatic heterocycles. The Bertz CT molecular complexity index is 822. The van der Waals surface area contributed by atoms with E-state index in [0.29, 0.717) is 0 Å². The van der Waals surface area contributed by atoms with Gasteiger partial charge in [-0.15, -0.1) is 11.8 Å². The Hall–Kier alpha value is -1.82. The van der Waals surface area contributed by atoms with Crippen LogP contribution in [0.1, 0.15) is 5.69 Å². The first-order chi connectivity index (χ1) is 11.8. The van der Waals surface area contributed by atoms with E-state index >= 15 is 0 Å². The van der Waals surface area contributed by atoms with Crippen LogP contribution in [0.4, 0.5) is 0 Å². The molecule has 0 unspecified atom stereocenters. The number of benzene rings is 1. The van der Waals surface area contributed by atoms with Gasteiger partial charge < -0.3 is 9.14 Å². The third kappa shape index (κ3) is 3.07. The number of rotatable bonds is 4. The first-order valence-electron chi connectivity index (χ1n) is 8.25. The predicted molar refractivity (Wildman–Crippen MR) is 98.5 cm³/mol. The highest BCUT2D eigenvalue weighted by Crippen LogP contribution is 2.27. The Kier molecular flexibility index (Phi) is 4.56. The van der Waals surface area contributed by atoms with Crippen molar-refractivity contribution < 1.29 is 4.74 Å². The molecule has 24 heavy (non-hydrogen) atoms. The SMILES string of the molecule is CSc1ccc(-c2nc3ccccn3c2CN2CCOCC2)cc1. The maximum atomic E-state index is 5.48. The molecule has 0 saturated carbocycles. The van der Waals surface area contributed by atoms with Gasteiger partial charge in [0.25, 0.3) is 0 Å². The molecule has 5 heteroatoms. The number of fused-ring (bicyclic) bond motifs is 1. The molecule has 2 aromatic heterocycles. The van der Waals surface area contributed by atoms with Gasteiger partial charge >= 0.3 is 0 Å². The summed E-state index contributed by atoms with van der Waals surface area (Å²) in [7, 11) is 0. The van der Waals surface area contributed by atoms with Crippen molar-refractivity contribution in [2.75, 3.05) is 32.6 Å². The summed E-state index contributed by atoms with van der Waals surface area (Å²) in [5.41, 5.74) is 4.52.